The van der Waals surface area contributed by atoms with Gasteiger partial charge in [0.15, 0.2) is 0 Å². The standard InChI is InChI=1S/C11H13BrN4O/c1-3-16(2)11-14-10(17-15-11)7-5-4-6-8(12)9(7)13/h4-6H,3,13H2,1-2H3. The zero-order valence-electron chi connectivity index (χ0n) is 9.64. The normalized spacial score (nSPS) is 10.5. The molecule has 6 heteroatoms. The Hall–Kier alpha value is -1.56. The van der Waals surface area contributed by atoms with Crippen LogP contribution in [0.1, 0.15) is 6.92 Å². The number of hydrogen-bond donors (Lipinski definition) is 1. The molecular formula is C11H13BrN4O. The fraction of sp³-hybridized carbons (Fsp3) is 0.273. The highest BCUT2D eigenvalue weighted by Crippen LogP contribution is 2.31. The number of rotatable bonds is 3. The quantitative estimate of drug-likeness (QED) is 0.882. The Morgan fingerprint density at radius 2 is 2.24 bits per heavy atom. The van der Waals surface area contributed by atoms with E-state index in [2.05, 4.69) is 26.1 Å². The summed E-state index contributed by atoms with van der Waals surface area (Å²) in [5, 5.41) is 3.90. The number of nitrogens with zero attached hydrogens (tertiary/aromatic N) is 3. The van der Waals surface area contributed by atoms with E-state index in [1.165, 1.54) is 0 Å². The molecule has 0 aliphatic carbocycles. The van der Waals surface area contributed by atoms with Gasteiger partial charge in [-0.15, -0.1) is 0 Å². The van der Waals surface area contributed by atoms with E-state index in [-0.39, 0.29) is 0 Å². The van der Waals surface area contributed by atoms with Crippen molar-refractivity contribution in [2.24, 2.45) is 0 Å². The third kappa shape index (κ3) is 2.26. The van der Waals surface area contributed by atoms with Gasteiger partial charge >= 0.3 is 0 Å². The van der Waals surface area contributed by atoms with Crippen molar-refractivity contribution in [1.29, 1.82) is 0 Å². The first-order valence-corrected chi connectivity index (χ1v) is 6.02. The van der Waals surface area contributed by atoms with Crippen LogP contribution < -0.4 is 10.6 Å². The maximum absolute atomic E-state index is 5.94. The molecule has 0 saturated heterocycles. The topological polar surface area (TPSA) is 68.2 Å². The molecule has 0 atom stereocenters. The van der Waals surface area contributed by atoms with Crippen molar-refractivity contribution in [3.05, 3.63) is 22.7 Å². The number of halogens is 1. The van der Waals surface area contributed by atoms with Gasteiger partial charge in [0.05, 0.1) is 11.3 Å². The molecule has 0 radical (unpaired) electrons. The van der Waals surface area contributed by atoms with Crippen LogP contribution in [0.15, 0.2) is 27.2 Å². The summed E-state index contributed by atoms with van der Waals surface area (Å²) >= 11 is 3.37. The summed E-state index contributed by atoms with van der Waals surface area (Å²) in [6, 6.07) is 5.60. The van der Waals surface area contributed by atoms with Crippen LogP contribution in [0.3, 0.4) is 0 Å². The largest absolute Gasteiger partial charge is 0.397 e. The van der Waals surface area contributed by atoms with Crippen molar-refractivity contribution in [2.75, 3.05) is 24.2 Å². The highest BCUT2D eigenvalue weighted by atomic mass is 79.9. The molecule has 5 nitrogen and oxygen atoms in total. The molecule has 1 aromatic carbocycles. The van der Waals surface area contributed by atoms with Gasteiger partial charge in [-0.05, 0) is 40.1 Å². The summed E-state index contributed by atoms with van der Waals surface area (Å²) in [6.07, 6.45) is 0. The molecule has 0 aliphatic rings. The van der Waals surface area contributed by atoms with Crippen LogP contribution in [0.25, 0.3) is 11.5 Å². The van der Waals surface area contributed by atoms with Gasteiger partial charge in [-0.3, -0.25) is 0 Å². The Balaban J connectivity index is 2.40. The minimum absolute atomic E-state index is 0.430. The molecule has 17 heavy (non-hydrogen) atoms. The summed E-state index contributed by atoms with van der Waals surface area (Å²) < 4.78 is 6.02. The molecule has 0 unspecified atom stereocenters. The van der Waals surface area contributed by atoms with Gasteiger partial charge in [-0.1, -0.05) is 6.07 Å². The molecule has 1 aromatic heterocycles. The van der Waals surface area contributed by atoms with Crippen LogP contribution >= 0.6 is 15.9 Å². The van der Waals surface area contributed by atoms with Gasteiger partial charge in [0.25, 0.3) is 11.8 Å². The Bertz CT molecular complexity index is 526. The minimum Gasteiger partial charge on any atom is -0.397 e. The average molecular weight is 297 g/mol. The van der Waals surface area contributed by atoms with Crippen LogP contribution in [0.4, 0.5) is 11.6 Å². The molecule has 2 aromatic rings. The van der Waals surface area contributed by atoms with Crippen LogP contribution in [0.2, 0.25) is 0 Å². The summed E-state index contributed by atoms with van der Waals surface area (Å²) in [4.78, 5) is 6.19. The number of benzene rings is 1. The molecule has 1 heterocycles. The van der Waals surface area contributed by atoms with Gasteiger partial charge in [-0.25, -0.2) is 0 Å². The van der Waals surface area contributed by atoms with Gasteiger partial charge in [0, 0.05) is 18.1 Å². The SMILES string of the molecule is CCN(C)c1noc(-c2cccc(Br)c2N)n1. The van der Waals surface area contributed by atoms with Gasteiger partial charge in [0.2, 0.25) is 0 Å². The van der Waals surface area contributed by atoms with E-state index in [0.717, 1.165) is 16.6 Å². The lowest BCUT2D eigenvalue weighted by atomic mass is 10.2. The molecule has 0 fully saturated rings. The lowest BCUT2D eigenvalue weighted by molar-refractivity contribution is 0.430. The first kappa shape index (κ1) is 11.9. The summed E-state index contributed by atoms with van der Waals surface area (Å²) in [5.74, 6) is 0.987. The van der Waals surface area contributed by atoms with Crippen molar-refractivity contribution in [3.8, 4) is 11.5 Å². The Kier molecular flexibility index (Phi) is 3.33. The van der Waals surface area contributed by atoms with Crippen molar-refractivity contribution < 1.29 is 4.52 Å². The molecule has 0 spiro atoms. The van der Waals surface area contributed by atoms with E-state index in [4.69, 9.17) is 10.3 Å². The maximum Gasteiger partial charge on any atom is 0.266 e. The number of para-hydroxylation sites is 1. The third-order valence-corrected chi connectivity index (χ3v) is 3.21. The van der Waals surface area contributed by atoms with E-state index in [1.54, 1.807) is 0 Å². The van der Waals surface area contributed by atoms with E-state index >= 15 is 0 Å². The lowest BCUT2D eigenvalue weighted by Gasteiger charge is -2.08. The second-order valence-corrected chi connectivity index (χ2v) is 4.47. The molecular weight excluding hydrogens is 284 g/mol. The van der Waals surface area contributed by atoms with Gasteiger partial charge in [0.1, 0.15) is 0 Å². The van der Waals surface area contributed by atoms with E-state index in [0.29, 0.717) is 17.5 Å². The Morgan fingerprint density at radius 1 is 1.47 bits per heavy atom. The lowest BCUT2D eigenvalue weighted by Crippen LogP contribution is -2.16. The summed E-state index contributed by atoms with van der Waals surface area (Å²) in [6.45, 7) is 2.83. The van der Waals surface area contributed by atoms with E-state index < -0.39 is 0 Å². The predicted octanol–water partition coefficient (Wildman–Crippen LogP) is 2.54. The monoisotopic (exact) mass is 296 g/mol. The highest BCUT2D eigenvalue weighted by molar-refractivity contribution is 9.10. The van der Waals surface area contributed by atoms with Crippen LogP contribution in [0.5, 0.6) is 0 Å². The smallest absolute Gasteiger partial charge is 0.266 e. The number of nitrogens with two attached hydrogens (primary N) is 1. The van der Waals surface area contributed by atoms with Crippen LogP contribution in [-0.2, 0) is 0 Å². The molecule has 0 aliphatic heterocycles. The summed E-state index contributed by atoms with van der Waals surface area (Å²) in [5.41, 5.74) is 7.28. The molecule has 2 N–H and O–H groups in total. The minimum atomic E-state index is 0.430. The molecule has 0 saturated carbocycles. The Morgan fingerprint density at radius 3 is 2.94 bits per heavy atom. The van der Waals surface area contributed by atoms with Crippen molar-refractivity contribution in [3.63, 3.8) is 0 Å². The molecule has 90 valence electrons. The highest BCUT2D eigenvalue weighted by Gasteiger charge is 2.14. The second kappa shape index (κ2) is 4.75. The van der Waals surface area contributed by atoms with Crippen molar-refractivity contribution >= 4 is 27.6 Å². The summed E-state index contributed by atoms with van der Waals surface area (Å²) in [7, 11) is 1.90. The second-order valence-electron chi connectivity index (χ2n) is 3.61. The molecule has 0 bridgehead atoms. The maximum atomic E-state index is 5.94. The van der Waals surface area contributed by atoms with E-state index in [9.17, 15) is 0 Å². The fourth-order valence-electron chi connectivity index (χ4n) is 1.35. The number of nitrogen functional groups attached to an aromatic ring is 1. The zero-order valence-corrected chi connectivity index (χ0v) is 11.2. The van der Waals surface area contributed by atoms with Gasteiger partial charge < -0.3 is 15.2 Å². The Labute approximate surface area is 108 Å². The van der Waals surface area contributed by atoms with Gasteiger partial charge in [-0.2, -0.15) is 4.98 Å². The van der Waals surface area contributed by atoms with Crippen molar-refractivity contribution in [2.45, 2.75) is 6.92 Å². The molecule has 2 rings (SSSR count). The zero-order chi connectivity index (χ0) is 12.4. The fourth-order valence-corrected chi connectivity index (χ4v) is 1.71. The molecule has 0 amide bonds. The first-order valence-electron chi connectivity index (χ1n) is 5.22. The number of anilines is 2. The number of aromatic nitrogens is 2. The number of hydrogen-bond acceptors (Lipinski definition) is 5. The predicted molar refractivity (Wildman–Crippen MR) is 70.8 cm³/mol. The average Bonchev–Trinajstić information content (AvgIpc) is 2.81. The van der Waals surface area contributed by atoms with Crippen molar-refractivity contribution in [1.82, 2.24) is 10.1 Å². The third-order valence-electron chi connectivity index (χ3n) is 2.51. The van der Waals surface area contributed by atoms with Crippen LogP contribution in [0, 0.1) is 0 Å². The van der Waals surface area contributed by atoms with E-state index in [1.807, 2.05) is 37.1 Å². The first-order chi connectivity index (χ1) is 8.13. The van der Waals surface area contributed by atoms with Crippen LogP contribution in [-0.4, -0.2) is 23.7 Å².